The summed E-state index contributed by atoms with van der Waals surface area (Å²) in [6.45, 7) is 3.43. The van der Waals surface area contributed by atoms with E-state index in [9.17, 15) is 8.42 Å². The summed E-state index contributed by atoms with van der Waals surface area (Å²) in [6.07, 6.45) is 0.536. The van der Waals surface area contributed by atoms with Gasteiger partial charge in [0.05, 0.1) is 11.0 Å². The Morgan fingerprint density at radius 2 is 1.72 bits per heavy atom. The van der Waals surface area contributed by atoms with Gasteiger partial charge in [-0.1, -0.05) is 42.5 Å². The largest absolute Gasteiger partial charge is 0.328 e. The number of nitrogens with one attached hydrogen (secondary N) is 2. The summed E-state index contributed by atoms with van der Waals surface area (Å²) in [5, 5.41) is 0. The predicted molar refractivity (Wildman–Crippen MR) is 99.3 cm³/mol. The van der Waals surface area contributed by atoms with E-state index in [2.05, 4.69) is 25.9 Å². The molecule has 0 aliphatic heterocycles. The van der Waals surface area contributed by atoms with Crippen LogP contribution in [0.2, 0.25) is 0 Å². The van der Waals surface area contributed by atoms with Crippen LogP contribution < -0.4 is 9.44 Å². The number of benzene rings is 2. The van der Waals surface area contributed by atoms with E-state index in [0.29, 0.717) is 13.0 Å². The number of para-hydroxylation sites is 2. The fourth-order valence-electron chi connectivity index (χ4n) is 2.79. The zero-order chi connectivity index (χ0) is 17.7. The minimum Gasteiger partial charge on any atom is -0.328 e. The molecule has 25 heavy (non-hydrogen) atoms. The second kappa shape index (κ2) is 7.77. The monoisotopic (exact) mass is 358 g/mol. The van der Waals surface area contributed by atoms with Crippen LogP contribution in [0, 0.1) is 0 Å². The van der Waals surface area contributed by atoms with E-state index in [4.69, 9.17) is 0 Å². The van der Waals surface area contributed by atoms with Crippen molar-refractivity contribution < 1.29 is 8.42 Å². The molecule has 0 spiro atoms. The number of hydrogen-bond acceptors (Lipinski definition) is 3. The van der Waals surface area contributed by atoms with Crippen LogP contribution >= 0.6 is 0 Å². The molecule has 7 heteroatoms. The van der Waals surface area contributed by atoms with Gasteiger partial charge in [-0.05, 0) is 24.6 Å². The summed E-state index contributed by atoms with van der Waals surface area (Å²) in [4.78, 5) is 4.60. The molecule has 1 heterocycles. The van der Waals surface area contributed by atoms with E-state index in [1.807, 2.05) is 54.6 Å². The quantitative estimate of drug-likeness (QED) is 0.648. The van der Waals surface area contributed by atoms with Crippen LogP contribution in [0.15, 0.2) is 54.6 Å². The standard InChI is InChI=1S/C18H22N4O2S/c1-2-22-17-11-7-6-10-16(17)21-18(22)12-13-19-25(23,24)20-14-15-8-4-3-5-9-15/h3-11,19-20H,2,12-14H2,1H3. The molecule has 132 valence electrons. The first-order chi connectivity index (χ1) is 12.1. The molecule has 0 saturated carbocycles. The number of aryl methyl sites for hydroxylation is 1. The van der Waals surface area contributed by atoms with Gasteiger partial charge in [0.25, 0.3) is 10.2 Å². The Bertz CT molecular complexity index is 936. The van der Waals surface area contributed by atoms with Crippen LogP contribution in [0.5, 0.6) is 0 Å². The number of hydrogen-bond donors (Lipinski definition) is 2. The lowest BCUT2D eigenvalue weighted by Gasteiger charge is -2.09. The first-order valence-corrected chi connectivity index (χ1v) is 9.79. The molecule has 1 aromatic heterocycles. The Kier molecular flexibility index (Phi) is 5.47. The maximum absolute atomic E-state index is 12.1. The van der Waals surface area contributed by atoms with Gasteiger partial charge in [-0.15, -0.1) is 0 Å². The number of fused-ring (bicyclic) bond motifs is 1. The summed E-state index contributed by atoms with van der Waals surface area (Å²) in [5.41, 5.74) is 2.93. The van der Waals surface area contributed by atoms with Crippen LogP contribution in [-0.2, 0) is 29.7 Å². The smallest absolute Gasteiger partial charge is 0.277 e. The molecule has 0 aliphatic carbocycles. The lowest BCUT2D eigenvalue weighted by molar-refractivity contribution is 0.564. The van der Waals surface area contributed by atoms with Crippen LogP contribution in [0.25, 0.3) is 11.0 Å². The van der Waals surface area contributed by atoms with Crippen molar-refractivity contribution in [1.82, 2.24) is 19.0 Å². The Labute approximate surface area is 148 Å². The molecule has 3 aromatic rings. The highest BCUT2D eigenvalue weighted by Crippen LogP contribution is 2.16. The maximum Gasteiger partial charge on any atom is 0.277 e. The first-order valence-electron chi connectivity index (χ1n) is 8.31. The Hall–Kier alpha value is -2.22. The van der Waals surface area contributed by atoms with Crippen molar-refractivity contribution in [3.8, 4) is 0 Å². The van der Waals surface area contributed by atoms with E-state index in [0.717, 1.165) is 29.0 Å². The molecule has 0 atom stereocenters. The second-order valence-electron chi connectivity index (χ2n) is 5.72. The topological polar surface area (TPSA) is 76.0 Å². The summed E-state index contributed by atoms with van der Waals surface area (Å²) in [5.74, 6) is 0.884. The molecule has 0 unspecified atom stereocenters. The van der Waals surface area contributed by atoms with Crippen molar-refractivity contribution in [3.63, 3.8) is 0 Å². The van der Waals surface area contributed by atoms with Gasteiger partial charge in [-0.25, -0.2) is 9.71 Å². The average molecular weight is 358 g/mol. The molecule has 0 fully saturated rings. The Morgan fingerprint density at radius 3 is 2.48 bits per heavy atom. The third kappa shape index (κ3) is 4.45. The van der Waals surface area contributed by atoms with Crippen molar-refractivity contribution in [1.29, 1.82) is 0 Å². The van der Waals surface area contributed by atoms with Crippen molar-refractivity contribution in [3.05, 3.63) is 66.0 Å². The van der Waals surface area contributed by atoms with Crippen molar-refractivity contribution in [2.45, 2.75) is 26.4 Å². The number of aromatic nitrogens is 2. The lowest BCUT2D eigenvalue weighted by Crippen LogP contribution is -2.37. The fraction of sp³-hybridized carbons (Fsp3) is 0.278. The molecule has 2 N–H and O–H groups in total. The summed E-state index contributed by atoms with van der Waals surface area (Å²) in [6, 6.07) is 17.4. The minimum atomic E-state index is -3.54. The molecule has 6 nitrogen and oxygen atoms in total. The number of nitrogens with zero attached hydrogens (tertiary/aromatic N) is 2. The van der Waals surface area contributed by atoms with E-state index < -0.39 is 10.2 Å². The van der Waals surface area contributed by atoms with Gasteiger partial charge in [-0.3, -0.25) is 0 Å². The van der Waals surface area contributed by atoms with Crippen LogP contribution in [0.3, 0.4) is 0 Å². The van der Waals surface area contributed by atoms with Crippen LogP contribution in [0.1, 0.15) is 18.3 Å². The molecule has 3 rings (SSSR count). The van der Waals surface area contributed by atoms with Gasteiger partial charge in [0.1, 0.15) is 5.82 Å². The van der Waals surface area contributed by atoms with Gasteiger partial charge < -0.3 is 4.57 Å². The molecule has 0 amide bonds. The highest BCUT2D eigenvalue weighted by atomic mass is 32.2. The Morgan fingerprint density at radius 1 is 1.00 bits per heavy atom. The fourth-order valence-corrected chi connectivity index (χ4v) is 3.62. The molecular formula is C18H22N4O2S. The van der Waals surface area contributed by atoms with Crippen molar-refractivity contribution in [2.75, 3.05) is 6.54 Å². The van der Waals surface area contributed by atoms with Gasteiger partial charge >= 0.3 is 0 Å². The third-order valence-electron chi connectivity index (χ3n) is 4.00. The number of rotatable bonds is 8. The van der Waals surface area contributed by atoms with Gasteiger partial charge in [0.15, 0.2) is 0 Å². The Balaban J connectivity index is 1.58. The highest BCUT2D eigenvalue weighted by molar-refractivity contribution is 7.87. The van der Waals surface area contributed by atoms with Crippen molar-refractivity contribution in [2.24, 2.45) is 0 Å². The van der Waals surface area contributed by atoms with Gasteiger partial charge in [0.2, 0.25) is 0 Å². The third-order valence-corrected chi connectivity index (χ3v) is 5.11. The molecule has 2 aromatic carbocycles. The summed E-state index contributed by atoms with van der Waals surface area (Å²) < 4.78 is 31.4. The van der Waals surface area contributed by atoms with E-state index in [-0.39, 0.29) is 6.54 Å². The second-order valence-corrected chi connectivity index (χ2v) is 7.30. The zero-order valence-corrected chi connectivity index (χ0v) is 15.0. The average Bonchev–Trinajstić information content (AvgIpc) is 2.98. The summed E-state index contributed by atoms with van der Waals surface area (Å²) in [7, 11) is -3.54. The molecule has 0 radical (unpaired) electrons. The number of imidazole rings is 1. The van der Waals surface area contributed by atoms with Crippen LogP contribution in [-0.4, -0.2) is 24.5 Å². The van der Waals surface area contributed by atoms with Gasteiger partial charge in [-0.2, -0.15) is 13.1 Å². The van der Waals surface area contributed by atoms with Crippen molar-refractivity contribution >= 4 is 21.2 Å². The zero-order valence-electron chi connectivity index (χ0n) is 14.1. The molecule has 0 aliphatic rings. The minimum absolute atomic E-state index is 0.268. The van der Waals surface area contributed by atoms with E-state index in [1.54, 1.807) is 0 Å². The highest BCUT2D eigenvalue weighted by Gasteiger charge is 2.12. The lowest BCUT2D eigenvalue weighted by atomic mass is 10.2. The SMILES string of the molecule is CCn1c(CCNS(=O)(=O)NCc2ccccc2)nc2ccccc21. The molecule has 0 saturated heterocycles. The van der Waals surface area contributed by atoms with E-state index >= 15 is 0 Å². The van der Waals surface area contributed by atoms with Crippen LogP contribution in [0.4, 0.5) is 0 Å². The maximum atomic E-state index is 12.1. The predicted octanol–water partition coefficient (Wildman–Crippen LogP) is 2.22. The molecule has 0 bridgehead atoms. The normalized spacial score (nSPS) is 11.9. The molecular weight excluding hydrogens is 336 g/mol. The first kappa shape index (κ1) is 17.6. The van der Waals surface area contributed by atoms with Gasteiger partial charge in [0, 0.05) is 26.1 Å². The van der Waals surface area contributed by atoms with E-state index in [1.165, 1.54) is 0 Å². The summed E-state index contributed by atoms with van der Waals surface area (Å²) >= 11 is 0.